The summed E-state index contributed by atoms with van der Waals surface area (Å²) in [6, 6.07) is 2.23. The number of fused-ring (bicyclic) bond motifs is 1. The van der Waals surface area contributed by atoms with Crippen LogP contribution < -0.4 is 5.32 Å². The van der Waals surface area contributed by atoms with Crippen LogP contribution in [0, 0.1) is 19.3 Å². The molecule has 0 spiro atoms. The minimum absolute atomic E-state index is 0.226. The highest BCUT2D eigenvalue weighted by Gasteiger charge is 2.31. The predicted molar refractivity (Wildman–Crippen MR) is 96.1 cm³/mol. The van der Waals surface area contributed by atoms with E-state index in [2.05, 4.69) is 29.2 Å². The molecule has 1 fully saturated rings. The van der Waals surface area contributed by atoms with E-state index in [1.807, 2.05) is 23.7 Å². The third-order valence-corrected chi connectivity index (χ3v) is 5.69. The normalized spacial score (nSPS) is 18.8. The first kappa shape index (κ1) is 17.4. The van der Waals surface area contributed by atoms with Crippen LogP contribution in [0.3, 0.4) is 0 Å². The van der Waals surface area contributed by atoms with Crippen LogP contribution in [0.1, 0.15) is 68.4 Å². The van der Waals surface area contributed by atoms with Crippen LogP contribution in [0.5, 0.6) is 0 Å². The summed E-state index contributed by atoms with van der Waals surface area (Å²) in [7, 11) is 0. The lowest BCUT2D eigenvalue weighted by molar-refractivity contribution is 0.123. The van der Waals surface area contributed by atoms with Crippen molar-refractivity contribution in [2.45, 2.75) is 65.3 Å². The molecule has 2 aromatic heterocycles. The fourth-order valence-electron chi connectivity index (χ4n) is 4.13. The smallest absolute Gasteiger partial charge is 0.155 e. The molecule has 0 saturated heterocycles. The molecular weight excluding hydrogens is 300 g/mol. The molecule has 5 heteroatoms. The molecule has 1 saturated carbocycles. The number of aliphatic hydroxyl groups is 1. The first-order valence-electron chi connectivity index (χ1n) is 9.21. The van der Waals surface area contributed by atoms with E-state index < -0.39 is 0 Å². The Balaban J connectivity index is 1.74. The molecule has 1 atom stereocenters. The van der Waals surface area contributed by atoms with Gasteiger partial charge in [0.2, 0.25) is 0 Å². The van der Waals surface area contributed by atoms with Crippen molar-refractivity contribution in [1.29, 1.82) is 0 Å². The molecule has 5 nitrogen and oxygen atoms in total. The number of nitrogens with zero attached hydrogens (tertiary/aromatic N) is 3. The highest BCUT2D eigenvalue weighted by atomic mass is 16.3. The van der Waals surface area contributed by atoms with Crippen molar-refractivity contribution in [3.05, 3.63) is 29.2 Å². The molecule has 132 valence electrons. The van der Waals surface area contributed by atoms with E-state index in [4.69, 9.17) is 0 Å². The minimum Gasteiger partial charge on any atom is -0.396 e. The van der Waals surface area contributed by atoms with Crippen LogP contribution in [0.15, 0.2) is 12.3 Å². The van der Waals surface area contributed by atoms with Crippen molar-refractivity contribution in [3.8, 4) is 0 Å². The Labute approximate surface area is 144 Å². The van der Waals surface area contributed by atoms with Crippen molar-refractivity contribution < 1.29 is 5.11 Å². The molecule has 1 unspecified atom stereocenters. The van der Waals surface area contributed by atoms with Crippen molar-refractivity contribution in [2.75, 3.05) is 13.2 Å². The molecule has 0 amide bonds. The zero-order chi connectivity index (χ0) is 17.2. The molecule has 2 aromatic rings. The Bertz CT molecular complexity index is 682. The zero-order valence-corrected chi connectivity index (χ0v) is 15.2. The average molecular weight is 330 g/mol. The van der Waals surface area contributed by atoms with E-state index in [0.717, 1.165) is 30.0 Å². The third kappa shape index (κ3) is 3.47. The van der Waals surface area contributed by atoms with Gasteiger partial charge in [-0.25, -0.2) is 9.50 Å². The maximum absolute atomic E-state index is 9.48. The largest absolute Gasteiger partial charge is 0.396 e. The fourth-order valence-corrected chi connectivity index (χ4v) is 4.13. The van der Waals surface area contributed by atoms with E-state index in [0.29, 0.717) is 0 Å². The first-order chi connectivity index (χ1) is 11.5. The van der Waals surface area contributed by atoms with Crippen molar-refractivity contribution >= 4 is 5.65 Å². The summed E-state index contributed by atoms with van der Waals surface area (Å²) in [5.41, 5.74) is 4.50. The molecule has 1 aliphatic rings. The number of hydrogen-bond acceptors (Lipinski definition) is 4. The lowest BCUT2D eigenvalue weighted by atomic mass is 9.72. The Kier molecular flexibility index (Phi) is 5.21. The summed E-state index contributed by atoms with van der Waals surface area (Å²) in [4.78, 5) is 4.55. The molecule has 0 aliphatic heterocycles. The Hall–Kier alpha value is -1.46. The van der Waals surface area contributed by atoms with E-state index in [9.17, 15) is 5.11 Å². The molecule has 1 aliphatic carbocycles. The van der Waals surface area contributed by atoms with Gasteiger partial charge in [0, 0.05) is 42.7 Å². The Morgan fingerprint density at radius 1 is 1.29 bits per heavy atom. The second kappa shape index (κ2) is 7.19. The third-order valence-electron chi connectivity index (χ3n) is 5.69. The number of aromatic nitrogens is 3. The van der Waals surface area contributed by atoms with Crippen LogP contribution in [0.2, 0.25) is 0 Å². The summed E-state index contributed by atoms with van der Waals surface area (Å²) in [6.45, 7) is 7.55. The SMILES string of the molecule is Cc1cc2ncc(C(C)NCC3(CCO)CCCCC3)c(C)n2n1. The predicted octanol–water partition coefficient (Wildman–Crippen LogP) is 3.33. The maximum atomic E-state index is 9.48. The number of rotatable bonds is 6. The molecule has 24 heavy (non-hydrogen) atoms. The molecule has 0 aromatic carbocycles. The van der Waals surface area contributed by atoms with Crippen molar-refractivity contribution in [2.24, 2.45) is 5.41 Å². The first-order valence-corrected chi connectivity index (χ1v) is 9.21. The van der Waals surface area contributed by atoms with Gasteiger partial charge >= 0.3 is 0 Å². The molecular formula is C19H30N4O. The summed E-state index contributed by atoms with van der Waals surface area (Å²) in [5.74, 6) is 0. The molecule has 2 N–H and O–H groups in total. The summed E-state index contributed by atoms with van der Waals surface area (Å²) in [6.07, 6.45) is 9.24. The van der Waals surface area contributed by atoms with Gasteiger partial charge in [0.15, 0.2) is 5.65 Å². The lowest BCUT2D eigenvalue weighted by Crippen LogP contribution is -2.38. The van der Waals surface area contributed by atoms with Crippen LogP contribution in [0.4, 0.5) is 0 Å². The van der Waals surface area contributed by atoms with Crippen LogP contribution in [-0.4, -0.2) is 32.9 Å². The zero-order valence-electron chi connectivity index (χ0n) is 15.2. The van der Waals surface area contributed by atoms with Crippen LogP contribution in [-0.2, 0) is 0 Å². The topological polar surface area (TPSA) is 62.5 Å². The number of hydrogen-bond donors (Lipinski definition) is 2. The summed E-state index contributed by atoms with van der Waals surface area (Å²) in [5, 5.41) is 17.7. The minimum atomic E-state index is 0.226. The quantitative estimate of drug-likeness (QED) is 0.853. The fraction of sp³-hybridized carbons (Fsp3) is 0.684. The van der Waals surface area contributed by atoms with Gasteiger partial charge in [0.25, 0.3) is 0 Å². The van der Waals surface area contributed by atoms with Gasteiger partial charge in [-0.15, -0.1) is 0 Å². The standard InChI is InChI=1S/C19H30N4O/c1-14-11-18-20-12-17(16(3)23(18)22-14)15(2)21-13-19(9-10-24)7-5-4-6-8-19/h11-12,15,21,24H,4-10,13H2,1-3H3. The van der Waals surface area contributed by atoms with Crippen LogP contribution >= 0.6 is 0 Å². The maximum Gasteiger partial charge on any atom is 0.155 e. The van der Waals surface area contributed by atoms with Gasteiger partial charge in [0.05, 0.1) is 5.69 Å². The van der Waals surface area contributed by atoms with Gasteiger partial charge in [-0.1, -0.05) is 19.3 Å². The molecule has 0 bridgehead atoms. The molecule has 2 heterocycles. The summed E-state index contributed by atoms with van der Waals surface area (Å²) >= 11 is 0. The monoisotopic (exact) mass is 330 g/mol. The highest BCUT2D eigenvalue weighted by Crippen LogP contribution is 2.39. The Morgan fingerprint density at radius 3 is 2.75 bits per heavy atom. The van der Waals surface area contributed by atoms with Gasteiger partial charge < -0.3 is 10.4 Å². The number of aryl methyl sites for hydroxylation is 2. The van der Waals surface area contributed by atoms with E-state index >= 15 is 0 Å². The number of nitrogens with one attached hydrogen (secondary N) is 1. The Morgan fingerprint density at radius 2 is 2.04 bits per heavy atom. The molecule has 3 rings (SSSR count). The van der Waals surface area contributed by atoms with Gasteiger partial charge in [-0.05, 0) is 45.4 Å². The van der Waals surface area contributed by atoms with E-state index in [1.54, 1.807) is 0 Å². The second-order valence-corrected chi connectivity index (χ2v) is 7.49. The van der Waals surface area contributed by atoms with Crippen LogP contribution in [0.25, 0.3) is 5.65 Å². The van der Waals surface area contributed by atoms with Crippen molar-refractivity contribution in [3.63, 3.8) is 0 Å². The van der Waals surface area contributed by atoms with E-state index in [1.165, 1.54) is 37.7 Å². The van der Waals surface area contributed by atoms with Gasteiger partial charge in [-0.2, -0.15) is 5.10 Å². The second-order valence-electron chi connectivity index (χ2n) is 7.49. The van der Waals surface area contributed by atoms with Gasteiger partial charge in [-0.3, -0.25) is 0 Å². The molecule has 0 radical (unpaired) electrons. The van der Waals surface area contributed by atoms with E-state index in [-0.39, 0.29) is 18.1 Å². The van der Waals surface area contributed by atoms with Gasteiger partial charge in [0.1, 0.15) is 0 Å². The number of aliphatic hydroxyl groups excluding tert-OH is 1. The summed E-state index contributed by atoms with van der Waals surface area (Å²) < 4.78 is 1.94. The van der Waals surface area contributed by atoms with Crippen molar-refractivity contribution in [1.82, 2.24) is 19.9 Å². The lowest BCUT2D eigenvalue weighted by Gasteiger charge is -2.38. The highest BCUT2D eigenvalue weighted by molar-refractivity contribution is 5.42. The average Bonchev–Trinajstić information content (AvgIpc) is 2.96.